The Morgan fingerprint density at radius 3 is 3.07 bits per heavy atom. The average molecular weight is 204 g/mol. The van der Waals surface area contributed by atoms with E-state index in [0.29, 0.717) is 18.0 Å². The minimum atomic E-state index is 0.358. The van der Waals surface area contributed by atoms with Crippen molar-refractivity contribution < 1.29 is 4.74 Å². The van der Waals surface area contributed by atoms with Crippen molar-refractivity contribution in [2.75, 3.05) is 0 Å². The van der Waals surface area contributed by atoms with Crippen LogP contribution in [0.1, 0.15) is 5.69 Å². The summed E-state index contributed by atoms with van der Waals surface area (Å²) in [6, 6.07) is 3.65. The summed E-state index contributed by atoms with van der Waals surface area (Å²) in [7, 11) is 1.83. The van der Waals surface area contributed by atoms with E-state index in [2.05, 4.69) is 10.1 Å². The molecule has 0 fully saturated rings. The van der Waals surface area contributed by atoms with Crippen LogP contribution in [0.4, 0.5) is 0 Å². The van der Waals surface area contributed by atoms with Crippen LogP contribution < -0.4 is 10.5 Å². The topological polar surface area (TPSA) is 66.0 Å². The Labute approximate surface area is 87.5 Å². The molecule has 0 amide bonds. The van der Waals surface area contributed by atoms with Gasteiger partial charge in [-0.05, 0) is 12.1 Å². The normalized spacial score (nSPS) is 10.3. The molecule has 0 unspecified atom stereocenters. The molecule has 0 radical (unpaired) electrons. The SMILES string of the molecule is Cn1cc(Oc2cccnc2CN)cn1. The van der Waals surface area contributed by atoms with E-state index in [-0.39, 0.29) is 0 Å². The van der Waals surface area contributed by atoms with Gasteiger partial charge in [-0.1, -0.05) is 0 Å². The Bertz CT molecular complexity index is 452. The first-order valence-electron chi connectivity index (χ1n) is 4.60. The van der Waals surface area contributed by atoms with E-state index < -0.39 is 0 Å². The zero-order valence-corrected chi connectivity index (χ0v) is 8.42. The Balaban J connectivity index is 2.23. The van der Waals surface area contributed by atoms with E-state index in [9.17, 15) is 0 Å². The third-order valence-electron chi connectivity index (χ3n) is 1.95. The molecule has 0 bridgehead atoms. The maximum absolute atomic E-state index is 5.60. The lowest BCUT2D eigenvalue weighted by Crippen LogP contribution is -2.01. The Kier molecular flexibility index (Phi) is 2.64. The summed E-state index contributed by atoms with van der Waals surface area (Å²) in [6.45, 7) is 0.358. The van der Waals surface area contributed by atoms with E-state index in [1.54, 1.807) is 23.3 Å². The zero-order chi connectivity index (χ0) is 10.7. The van der Waals surface area contributed by atoms with Gasteiger partial charge in [0.15, 0.2) is 5.75 Å². The van der Waals surface area contributed by atoms with Crippen LogP contribution in [0, 0.1) is 0 Å². The molecule has 0 spiro atoms. The molecule has 2 heterocycles. The van der Waals surface area contributed by atoms with Crippen molar-refractivity contribution >= 4 is 0 Å². The minimum Gasteiger partial charge on any atom is -0.452 e. The van der Waals surface area contributed by atoms with E-state index in [0.717, 1.165) is 5.69 Å². The van der Waals surface area contributed by atoms with Crippen LogP contribution in [0.2, 0.25) is 0 Å². The van der Waals surface area contributed by atoms with Gasteiger partial charge >= 0.3 is 0 Å². The molecule has 2 aromatic rings. The van der Waals surface area contributed by atoms with Crippen molar-refractivity contribution in [2.45, 2.75) is 6.54 Å². The molecule has 2 aromatic heterocycles. The van der Waals surface area contributed by atoms with Crippen molar-refractivity contribution in [3.63, 3.8) is 0 Å². The first-order valence-corrected chi connectivity index (χ1v) is 4.60. The highest BCUT2D eigenvalue weighted by atomic mass is 16.5. The largest absolute Gasteiger partial charge is 0.452 e. The third-order valence-corrected chi connectivity index (χ3v) is 1.95. The Morgan fingerprint density at radius 1 is 1.53 bits per heavy atom. The third kappa shape index (κ3) is 2.13. The first kappa shape index (κ1) is 9.67. The van der Waals surface area contributed by atoms with Crippen LogP contribution in [0.3, 0.4) is 0 Å². The maximum Gasteiger partial charge on any atom is 0.165 e. The van der Waals surface area contributed by atoms with Gasteiger partial charge in [-0.3, -0.25) is 9.67 Å². The fourth-order valence-corrected chi connectivity index (χ4v) is 1.25. The highest BCUT2D eigenvalue weighted by Gasteiger charge is 2.04. The van der Waals surface area contributed by atoms with Gasteiger partial charge in [0, 0.05) is 19.8 Å². The van der Waals surface area contributed by atoms with Crippen LogP contribution >= 0.6 is 0 Å². The summed E-state index contributed by atoms with van der Waals surface area (Å²) in [4.78, 5) is 4.12. The van der Waals surface area contributed by atoms with Gasteiger partial charge in [0.1, 0.15) is 5.75 Å². The van der Waals surface area contributed by atoms with Crippen LogP contribution in [-0.2, 0) is 13.6 Å². The zero-order valence-electron chi connectivity index (χ0n) is 8.42. The summed E-state index contributed by atoms with van der Waals surface area (Å²) in [5, 5.41) is 4.01. The van der Waals surface area contributed by atoms with E-state index in [4.69, 9.17) is 10.5 Å². The van der Waals surface area contributed by atoms with Crippen molar-refractivity contribution in [2.24, 2.45) is 12.8 Å². The second-order valence-corrected chi connectivity index (χ2v) is 3.10. The fraction of sp³-hybridized carbons (Fsp3) is 0.200. The number of aryl methyl sites for hydroxylation is 1. The molecule has 5 nitrogen and oxygen atoms in total. The molecule has 2 rings (SSSR count). The number of ether oxygens (including phenoxy) is 1. The van der Waals surface area contributed by atoms with Gasteiger partial charge in [0.05, 0.1) is 18.1 Å². The van der Waals surface area contributed by atoms with Crippen LogP contribution in [0.15, 0.2) is 30.7 Å². The molecular formula is C10H12N4O. The van der Waals surface area contributed by atoms with Crippen molar-refractivity contribution in [3.8, 4) is 11.5 Å². The summed E-state index contributed by atoms with van der Waals surface area (Å²) in [5.41, 5.74) is 6.28. The number of nitrogens with zero attached hydrogens (tertiary/aromatic N) is 3. The van der Waals surface area contributed by atoms with Crippen molar-refractivity contribution in [1.29, 1.82) is 0 Å². The monoisotopic (exact) mass is 204 g/mol. The summed E-state index contributed by atoms with van der Waals surface area (Å²) < 4.78 is 7.27. The highest BCUT2D eigenvalue weighted by molar-refractivity contribution is 5.31. The molecule has 0 saturated carbocycles. The van der Waals surface area contributed by atoms with Gasteiger partial charge in [-0.15, -0.1) is 0 Å². The fourth-order valence-electron chi connectivity index (χ4n) is 1.25. The molecule has 0 saturated heterocycles. The summed E-state index contributed by atoms with van der Waals surface area (Å²) in [5.74, 6) is 1.35. The van der Waals surface area contributed by atoms with E-state index in [1.165, 1.54) is 0 Å². The number of pyridine rings is 1. The van der Waals surface area contributed by atoms with Crippen LogP contribution in [-0.4, -0.2) is 14.8 Å². The molecule has 2 N–H and O–H groups in total. The molecule has 78 valence electrons. The second kappa shape index (κ2) is 4.10. The minimum absolute atomic E-state index is 0.358. The van der Waals surface area contributed by atoms with Gasteiger partial charge < -0.3 is 10.5 Å². The molecule has 0 aromatic carbocycles. The van der Waals surface area contributed by atoms with Gasteiger partial charge in [0.2, 0.25) is 0 Å². The predicted molar refractivity (Wildman–Crippen MR) is 55.4 cm³/mol. The van der Waals surface area contributed by atoms with Crippen LogP contribution in [0.5, 0.6) is 11.5 Å². The summed E-state index contributed by atoms with van der Waals surface area (Å²) >= 11 is 0. The maximum atomic E-state index is 5.60. The van der Waals surface area contributed by atoms with E-state index >= 15 is 0 Å². The smallest absolute Gasteiger partial charge is 0.165 e. The lowest BCUT2D eigenvalue weighted by Gasteiger charge is -2.05. The number of nitrogens with two attached hydrogens (primary N) is 1. The molecule has 0 aliphatic heterocycles. The lowest BCUT2D eigenvalue weighted by atomic mass is 10.3. The number of hydrogen-bond acceptors (Lipinski definition) is 4. The number of rotatable bonds is 3. The van der Waals surface area contributed by atoms with Gasteiger partial charge in [-0.25, -0.2) is 0 Å². The quantitative estimate of drug-likeness (QED) is 0.812. The van der Waals surface area contributed by atoms with Crippen molar-refractivity contribution in [3.05, 3.63) is 36.4 Å². The second-order valence-electron chi connectivity index (χ2n) is 3.10. The molecule has 0 aliphatic rings. The molecule has 0 atom stereocenters. The molecule has 0 aliphatic carbocycles. The van der Waals surface area contributed by atoms with Gasteiger partial charge in [-0.2, -0.15) is 5.10 Å². The molecule has 15 heavy (non-hydrogen) atoms. The Morgan fingerprint density at radius 2 is 2.40 bits per heavy atom. The van der Waals surface area contributed by atoms with E-state index in [1.807, 2.05) is 19.2 Å². The summed E-state index contributed by atoms with van der Waals surface area (Å²) in [6.07, 6.45) is 5.12. The first-order chi connectivity index (χ1) is 7.29. The Hall–Kier alpha value is -1.88. The average Bonchev–Trinajstić information content (AvgIpc) is 2.65. The highest BCUT2D eigenvalue weighted by Crippen LogP contribution is 2.22. The lowest BCUT2D eigenvalue weighted by molar-refractivity contribution is 0.472. The number of hydrogen-bond donors (Lipinski definition) is 1. The standard InChI is InChI=1S/C10H12N4O/c1-14-7-8(6-13-14)15-10-3-2-4-12-9(10)5-11/h2-4,6-7H,5,11H2,1H3. The molecular weight excluding hydrogens is 192 g/mol. The predicted octanol–water partition coefficient (Wildman–Crippen LogP) is 1.07. The number of aromatic nitrogens is 3. The van der Waals surface area contributed by atoms with Crippen molar-refractivity contribution in [1.82, 2.24) is 14.8 Å². The van der Waals surface area contributed by atoms with Gasteiger partial charge in [0.25, 0.3) is 0 Å². The molecule has 5 heteroatoms. The van der Waals surface area contributed by atoms with Crippen LogP contribution in [0.25, 0.3) is 0 Å².